The average Bonchev–Trinajstić information content (AvgIpc) is 2.78. The van der Waals surface area contributed by atoms with Crippen molar-refractivity contribution in [3.8, 4) is 0 Å². The first-order valence-electron chi connectivity index (χ1n) is 9.67. The molecule has 170 valence electrons. The molecule has 0 amide bonds. The van der Waals surface area contributed by atoms with Gasteiger partial charge in [-0.15, -0.1) is 0 Å². The van der Waals surface area contributed by atoms with Crippen molar-refractivity contribution in [3.63, 3.8) is 0 Å². The minimum absolute atomic E-state index is 0.102. The molecule has 0 saturated heterocycles. The van der Waals surface area contributed by atoms with Crippen molar-refractivity contribution in [1.29, 1.82) is 0 Å². The van der Waals surface area contributed by atoms with Gasteiger partial charge in [0.15, 0.2) is 14.7 Å². The number of aryl methyl sites for hydroxylation is 1. The summed E-state index contributed by atoms with van der Waals surface area (Å²) in [5.41, 5.74) is 0.928. The Morgan fingerprint density at radius 2 is 0.879 bits per heavy atom. The second-order valence-electron chi connectivity index (χ2n) is 6.94. The molecule has 4 aromatic rings. The normalized spacial score (nSPS) is 11.1. The van der Waals surface area contributed by atoms with Gasteiger partial charge in [-0.3, -0.25) is 0 Å². The van der Waals surface area contributed by atoms with Crippen LogP contribution >= 0.6 is 47.8 Å². The van der Waals surface area contributed by atoms with Gasteiger partial charge in [-0.05, 0) is 91.9 Å². The van der Waals surface area contributed by atoms with Gasteiger partial charge in [0.05, 0.1) is 15.8 Å². The molecular weight excluding hydrogens is 652 g/mol. The molecule has 0 aromatic heterocycles. The quantitative estimate of drug-likeness (QED) is 0.164. The highest BCUT2D eigenvalue weighted by atomic mass is 79.9. The molecule has 3 nitrogen and oxygen atoms in total. The second kappa shape index (κ2) is 11.8. The highest BCUT2D eigenvalue weighted by molar-refractivity contribution is 9.11. The van der Waals surface area contributed by atoms with Crippen molar-refractivity contribution in [2.75, 3.05) is 0 Å². The largest absolute Gasteiger partial charge is 0.744 e. The van der Waals surface area contributed by atoms with Gasteiger partial charge >= 0.3 is 0 Å². The smallest absolute Gasteiger partial charge is 0.166 e. The number of rotatable bonds is 4. The van der Waals surface area contributed by atoms with Crippen LogP contribution in [0.1, 0.15) is 5.56 Å². The molecule has 0 aliphatic heterocycles. The third-order valence-corrected chi connectivity index (χ3v) is 9.12. The minimum Gasteiger partial charge on any atom is -0.744 e. The lowest BCUT2D eigenvalue weighted by Gasteiger charge is -2.08. The summed E-state index contributed by atoms with van der Waals surface area (Å²) in [5.74, 6) is 0. The highest BCUT2D eigenvalue weighted by Crippen LogP contribution is 2.33. The van der Waals surface area contributed by atoms with Crippen LogP contribution in [0.2, 0.25) is 0 Å². The first-order valence-corrected chi connectivity index (χ1v) is 14.7. The van der Waals surface area contributed by atoms with Crippen LogP contribution in [0.5, 0.6) is 0 Å². The van der Waals surface area contributed by atoms with E-state index in [1.807, 2.05) is 6.92 Å². The first kappa shape index (κ1) is 26.2. The molecular formula is C25H19Br3O3S2. The van der Waals surface area contributed by atoms with Crippen LogP contribution in [0.3, 0.4) is 0 Å². The molecule has 0 aliphatic rings. The number of hydrogen-bond acceptors (Lipinski definition) is 3. The Balaban J connectivity index is 0.000000235. The molecule has 0 aliphatic carbocycles. The molecule has 33 heavy (non-hydrogen) atoms. The van der Waals surface area contributed by atoms with Crippen molar-refractivity contribution in [2.45, 2.75) is 26.5 Å². The van der Waals surface area contributed by atoms with Gasteiger partial charge in [-0.2, -0.15) is 0 Å². The maximum Gasteiger partial charge on any atom is 0.166 e. The molecule has 0 radical (unpaired) electrons. The van der Waals surface area contributed by atoms with E-state index < -0.39 is 10.1 Å². The topological polar surface area (TPSA) is 57.2 Å². The van der Waals surface area contributed by atoms with E-state index in [4.69, 9.17) is 0 Å². The van der Waals surface area contributed by atoms with E-state index in [0.717, 1.165) is 19.0 Å². The van der Waals surface area contributed by atoms with Crippen LogP contribution in [0.25, 0.3) is 0 Å². The summed E-state index contributed by atoms with van der Waals surface area (Å²) in [6.45, 7) is 1.82. The second-order valence-corrected chi connectivity index (χ2v) is 13.1. The summed E-state index contributed by atoms with van der Waals surface area (Å²) in [6, 6.07) is 31.6. The summed E-state index contributed by atoms with van der Waals surface area (Å²) in [6.07, 6.45) is 0. The van der Waals surface area contributed by atoms with Crippen molar-refractivity contribution >= 4 is 68.8 Å². The first-order chi connectivity index (χ1) is 15.6. The summed E-state index contributed by atoms with van der Waals surface area (Å²) < 4.78 is 34.5. The van der Waals surface area contributed by atoms with E-state index in [0.29, 0.717) is 0 Å². The monoisotopic (exact) mass is 668 g/mol. The Hall–Kier alpha value is -1.42. The van der Waals surface area contributed by atoms with Gasteiger partial charge in [-0.1, -0.05) is 65.5 Å². The van der Waals surface area contributed by atoms with E-state index in [1.54, 1.807) is 12.1 Å². The van der Waals surface area contributed by atoms with Gasteiger partial charge in [0.25, 0.3) is 0 Å². The van der Waals surface area contributed by atoms with Crippen molar-refractivity contribution in [2.24, 2.45) is 0 Å². The van der Waals surface area contributed by atoms with Crippen molar-refractivity contribution in [1.82, 2.24) is 0 Å². The number of hydrogen-bond donors (Lipinski definition) is 0. The predicted octanol–water partition coefficient (Wildman–Crippen LogP) is 7.97. The zero-order chi connectivity index (χ0) is 24.0. The molecule has 0 unspecified atom stereocenters. The van der Waals surface area contributed by atoms with Crippen LogP contribution in [0.4, 0.5) is 0 Å². The van der Waals surface area contributed by atoms with Crippen LogP contribution < -0.4 is 0 Å². The summed E-state index contributed by atoms with van der Waals surface area (Å²) >= 11 is 10.6. The standard InChI is InChI=1S/C18H12Br3S.C7H8O3S/c19-13-1-7-16(8-2-13)22(17-9-3-14(20)4-10-17)18-11-5-15(21)6-12-18;1-6-2-4-7(5-3-6)11(8,9)10/h1-12H;2-5H,1H3,(H,8,9,10)/q+1;/p-1. The summed E-state index contributed by atoms with van der Waals surface area (Å²) in [7, 11) is -4.37. The molecule has 0 spiro atoms. The van der Waals surface area contributed by atoms with Crippen LogP contribution in [-0.4, -0.2) is 13.0 Å². The maximum atomic E-state index is 10.4. The van der Waals surface area contributed by atoms with Crippen molar-refractivity contribution in [3.05, 3.63) is 116 Å². The molecule has 4 aromatic carbocycles. The SMILES string of the molecule is Brc1ccc([S+](c2ccc(Br)cc2)c2ccc(Br)cc2)cc1.Cc1ccc(S(=O)(=O)[O-])cc1. The Bertz CT molecular complexity index is 1180. The lowest BCUT2D eigenvalue weighted by molar-refractivity contribution is 0.463. The van der Waals surface area contributed by atoms with Gasteiger partial charge in [0, 0.05) is 13.4 Å². The number of halogens is 3. The fourth-order valence-corrected chi connectivity index (χ4v) is 6.13. The third-order valence-electron chi connectivity index (χ3n) is 4.46. The number of benzene rings is 4. The van der Waals surface area contributed by atoms with Gasteiger partial charge in [-0.25, -0.2) is 8.42 Å². The van der Waals surface area contributed by atoms with E-state index in [2.05, 4.69) is 121 Å². The average molecular weight is 671 g/mol. The molecule has 0 saturated carbocycles. The fourth-order valence-electron chi connectivity index (χ4n) is 2.83. The summed E-state index contributed by atoms with van der Waals surface area (Å²) in [4.78, 5) is 3.76. The molecule has 8 heteroatoms. The molecule has 4 rings (SSSR count). The summed E-state index contributed by atoms with van der Waals surface area (Å²) in [5, 5.41) is 0. The Labute approximate surface area is 222 Å². The lowest BCUT2D eigenvalue weighted by Crippen LogP contribution is -2.04. The predicted molar refractivity (Wildman–Crippen MR) is 144 cm³/mol. The zero-order valence-electron chi connectivity index (χ0n) is 17.4. The zero-order valence-corrected chi connectivity index (χ0v) is 23.8. The Kier molecular flexibility index (Phi) is 9.38. The van der Waals surface area contributed by atoms with E-state index >= 15 is 0 Å². The maximum absolute atomic E-state index is 10.4. The lowest BCUT2D eigenvalue weighted by atomic mass is 10.2. The molecule has 0 fully saturated rings. The van der Waals surface area contributed by atoms with Gasteiger partial charge < -0.3 is 4.55 Å². The molecule has 0 atom stereocenters. The van der Waals surface area contributed by atoms with Crippen LogP contribution in [0, 0.1) is 6.92 Å². The molecule has 0 bridgehead atoms. The fraction of sp³-hybridized carbons (Fsp3) is 0.0400. The van der Waals surface area contributed by atoms with E-state index in [1.165, 1.54) is 26.8 Å². The van der Waals surface area contributed by atoms with E-state index in [-0.39, 0.29) is 15.8 Å². The minimum atomic E-state index is -4.27. The highest BCUT2D eigenvalue weighted by Gasteiger charge is 2.28. The third kappa shape index (κ3) is 7.80. The van der Waals surface area contributed by atoms with E-state index in [9.17, 15) is 13.0 Å². The Morgan fingerprint density at radius 3 is 1.15 bits per heavy atom. The molecule has 0 N–H and O–H groups in total. The van der Waals surface area contributed by atoms with Crippen molar-refractivity contribution < 1.29 is 13.0 Å². The van der Waals surface area contributed by atoms with Gasteiger partial charge in [0.2, 0.25) is 0 Å². The molecule has 0 heterocycles. The van der Waals surface area contributed by atoms with Gasteiger partial charge in [0.1, 0.15) is 10.1 Å². The van der Waals surface area contributed by atoms with Crippen LogP contribution in [0.15, 0.2) is 130 Å². The van der Waals surface area contributed by atoms with Crippen LogP contribution in [-0.2, 0) is 21.0 Å². The Morgan fingerprint density at radius 1 is 0.576 bits per heavy atom.